The smallest absolute Gasteiger partial charge is 0.280 e. The molecule has 0 bridgehead atoms. The summed E-state index contributed by atoms with van der Waals surface area (Å²) in [4.78, 5) is 23.3. The Bertz CT molecular complexity index is 801. The summed E-state index contributed by atoms with van der Waals surface area (Å²) in [6.07, 6.45) is 0. The van der Waals surface area contributed by atoms with E-state index >= 15 is 0 Å². The lowest BCUT2D eigenvalue weighted by atomic mass is 10.1. The minimum Gasteiger partial charge on any atom is -0.545 e. The molecule has 7 heteroatoms. The highest BCUT2D eigenvalue weighted by atomic mass is 16.5. The molecule has 0 N–H and O–H groups in total. The van der Waals surface area contributed by atoms with E-state index in [1.807, 2.05) is 0 Å². The van der Waals surface area contributed by atoms with Gasteiger partial charge in [-0.25, -0.2) is 0 Å². The van der Waals surface area contributed by atoms with Crippen molar-refractivity contribution < 1.29 is 14.6 Å². The maximum atomic E-state index is 12.2. The van der Waals surface area contributed by atoms with E-state index in [0.717, 1.165) is 4.68 Å². The molecule has 0 fully saturated rings. The number of ether oxygens (including phenoxy) is 1. The fourth-order valence-corrected chi connectivity index (χ4v) is 1.85. The lowest BCUT2D eigenvalue weighted by Gasteiger charge is -2.12. The van der Waals surface area contributed by atoms with Crippen molar-refractivity contribution in [2.45, 2.75) is 6.92 Å². The van der Waals surface area contributed by atoms with Crippen LogP contribution >= 0.6 is 0 Å². The Labute approximate surface area is 119 Å². The topological polar surface area (TPSA) is 108 Å². The SMILES string of the molecule is COc1ccc(-n2nc(C#N)c(C)c(C(=O)[O-])c2=O)cc1. The third kappa shape index (κ3) is 2.47. The highest BCUT2D eigenvalue weighted by Gasteiger charge is 2.16. The van der Waals surface area contributed by atoms with Crippen LogP contribution in [0.15, 0.2) is 29.1 Å². The van der Waals surface area contributed by atoms with Crippen LogP contribution in [-0.4, -0.2) is 22.9 Å². The van der Waals surface area contributed by atoms with E-state index in [0.29, 0.717) is 11.4 Å². The number of carboxylic acid groups (broad SMARTS) is 1. The number of benzene rings is 1. The van der Waals surface area contributed by atoms with Crippen LogP contribution in [0.1, 0.15) is 21.6 Å². The van der Waals surface area contributed by atoms with Crippen LogP contribution < -0.4 is 15.4 Å². The molecule has 0 radical (unpaired) electrons. The van der Waals surface area contributed by atoms with Gasteiger partial charge in [0.15, 0.2) is 5.69 Å². The summed E-state index contributed by atoms with van der Waals surface area (Å²) in [5, 5.41) is 24.0. The van der Waals surface area contributed by atoms with Crippen molar-refractivity contribution in [3.63, 3.8) is 0 Å². The third-order valence-electron chi connectivity index (χ3n) is 2.96. The van der Waals surface area contributed by atoms with Crippen LogP contribution in [0, 0.1) is 18.3 Å². The van der Waals surface area contributed by atoms with Crippen LogP contribution in [0.2, 0.25) is 0 Å². The van der Waals surface area contributed by atoms with Gasteiger partial charge in [0.2, 0.25) is 0 Å². The van der Waals surface area contributed by atoms with Crippen molar-refractivity contribution in [1.29, 1.82) is 5.26 Å². The van der Waals surface area contributed by atoms with E-state index in [-0.39, 0.29) is 11.3 Å². The van der Waals surface area contributed by atoms with Crippen LogP contribution in [0.3, 0.4) is 0 Å². The summed E-state index contributed by atoms with van der Waals surface area (Å²) < 4.78 is 5.85. The maximum Gasteiger partial charge on any atom is 0.280 e. The number of hydrogen-bond donors (Lipinski definition) is 0. The van der Waals surface area contributed by atoms with Gasteiger partial charge < -0.3 is 14.6 Å². The zero-order valence-corrected chi connectivity index (χ0v) is 11.3. The van der Waals surface area contributed by atoms with E-state index in [1.165, 1.54) is 26.2 Å². The van der Waals surface area contributed by atoms with Crippen LogP contribution in [0.5, 0.6) is 5.75 Å². The monoisotopic (exact) mass is 284 g/mol. The number of rotatable bonds is 3. The Kier molecular flexibility index (Phi) is 3.71. The fourth-order valence-electron chi connectivity index (χ4n) is 1.85. The summed E-state index contributed by atoms with van der Waals surface area (Å²) >= 11 is 0. The molecule has 7 nitrogen and oxygen atoms in total. The van der Waals surface area contributed by atoms with Gasteiger partial charge in [-0.05, 0) is 31.2 Å². The van der Waals surface area contributed by atoms with Crippen molar-refractivity contribution >= 4 is 5.97 Å². The molecule has 1 aromatic carbocycles. The van der Waals surface area contributed by atoms with Gasteiger partial charge >= 0.3 is 0 Å². The van der Waals surface area contributed by atoms with Crippen LogP contribution in [0.25, 0.3) is 5.69 Å². The summed E-state index contributed by atoms with van der Waals surface area (Å²) in [5.41, 5.74) is -1.26. The normalized spacial score (nSPS) is 9.95. The second kappa shape index (κ2) is 5.46. The molecular weight excluding hydrogens is 274 g/mol. The number of nitriles is 1. The van der Waals surface area contributed by atoms with Crippen molar-refractivity contribution in [3.8, 4) is 17.5 Å². The summed E-state index contributed by atoms with van der Waals surface area (Å²) in [5.74, 6) is -1.07. The molecule has 2 rings (SSSR count). The van der Waals surface area contributed by atoms with Crippen LogP contribution in [-0.2, 0) is 0 Å². The van der Waals surface area contributed by atoms with E-state index in [4.69, 9.17) is 10.00 Å². The van der Waals surface area contributed by atoms with Crippen molar-refractivity contribution in [1.82, 2.24) is 9.78 Å². The number of carbonyl (C=O) groups excluding carboxylic acids is 1. The Hall–Kier alpha value is -3.14. The minimum atomic E-state index is -1.64. The average Bonchev–Trinajstić information content (AvgIpc) is 2.47. The molecule has 1 aromatic heterocycles. The van der Waals surface area contributed by atoms with Gasteiger partial charge in [0, 0.05) is 5.56 Å². The van der Waals surface area contributed by atoms with Gasteiger partial charge in [-0.2, -0.15) is 15.0 Å². The Morgan fingerprint density at radius 3 is 2.48 bits per heavy atom. The van der Waals surface area contributed by atoms with Gasteiger partial charge in [-0.3, -0.25) is 4.79 Å². The Morgan fingerprint density at radius 1 is 1.38 bits per heavy atom. The number of nitrogens with zero attached hydrogens (tertiary/aromatic N) is 3. The Morgan fingerprint density at radius 2 is 2.00 bits per heavy atom. The summed E-state index contributed by atoms with van der Waals surface area (Å²) in [6, 6.07) is 8.01. The zero-order valence-electron chi connectivity index (χ0n) is 11.3. The van der Waals surface area contributed by atoms with Crippen molar-refractivity contribution in [2.24, 2.45) is 0 Å². The molecule has 21 heavy (non-hydrogen) atoms. The van der Waals surface area contributed by atoms with Gasteiger partial charge in [0.25, 0.3) is 5.56 Å². The van der Waals surface area contributed by atoms with Gasteiger partial charge in [0.1, 0.15) is 11.8 Å². The maximum absolute atomic E-state index is 12.2. The second-order valence-electron chi connectivity index (χ2n) is 4.16. The molecular formula is C14H10N3O4-. The van der Waals surface area contributed by atoms with Crippen LogP contribution in [0.4, 0.5) is 0 Å². The molecule has 106 valence electrons. The molecule has 0 saturated carbocycles. The largest absolute Gasteiger partial charge is 0.545 e. The molecule has 2 aromatic rings. The number of hydrogen-bond acceptors (Lipinski definition) is 6. The first-order chi connectivity index (χ1) is 9.99. The van der Waals surface area contributed by atoms with Crippen molar-refractivity contribution in [3.05, 3.63) is 51.4 Å². The molecule has 0 saturated heterocycles. The molecule has 0 aliphatic carbocycles. The molecule has 0 aliphatic heterocycles. The predicted octanol–water partition coefficient (Wildman–Crippen LogP) is -0.215. The molecule has 0 spiro atoms. The van der Waals surface area contributed by atoms with E-state index in [2.05, 4.69) is 5.10 Å². The number of methoxy groups -OCH3 is 1. The lowest BCUT2D eigenvalue weighted by molar-refractivity contribution is -0.255. The number of carboxylic acids is 1. The molecule has 0 aliphatic rings. The standard InChI is InChI=1S/C14H11N3O4/c1-8-11(7-15)16-17(13(18)12(8)14(19)20)9-3-5-10(21-2)6-4-9/h3-6H,1-2H3,(H,19,20)/p-1. The van der Waals surface area contributed by atoms with Gasteiger partial charge in [-0.1, -0.05) is 0 Å². The predicted molar refractivity (Wildman–Crippen MR) is 70.2 cm³/mol. The lowest BCUT2D eigenvalue weighted by Crippen LogP contribution is -2.36. The van der Waals surface area contributed by atoms with Crippen molar-refractivity contribution in [2.75, 3.05) is 7.11 Å². The Balaban J connectivity index is 2.74. The second-order valence-corrected chi connectivity index (χ2v) is 4.16. The zero-order chi connectivity index (χ0) is 15.6. The molecule has 1 heterocycles. The fraction of sp³-hybridized carbons (Fsp3) is 0.143. The van der Waals surface area contributed by atoms with E-state index in [9.17, 15) is 14.7 Å². The molecule has 0 atom stereocenters. The summed E-state index contributed by atoms with van der Waals surface area (Å²) in [6.45, 7) is 1.34. The first-order valence-corrected chi connectivity index (χ1v) is 5.89. The van der Waals surface area contributed by atoms with Gasteiger partial charge in [0.05, 0.1) is 24.3 Å². The number of aromatic carboxylic acids is 1. The summed E-state index contributed by atoms with van der Waals surface area (Å²) in [7, 11) is 1.49. The number of carbonyl (C=O) groups is 1. The first kappa shape index (κ1) is 14.3. The van der Waals surface area contributed by atoms with E-state index in [1.54, 1.807) is 18.2 Å². The highest BCUT2D eigenvalue weighted by Crippen LogP contribution is 2.14. The highest BCUT2D eigenvalue weighted by molar-refractivity contribution is 5.87. The third-order valence-corrected chi connectivity index (χ3v) is 2.96. The van der Waals surface area contributed by atoms with E-state index < -0.39 is 17.1 Å². The van der Waals surface area contributed by atoms with Gasteiger partial charge in [-0.15, -0.1) is 0 Å². The average molecular weight is 284 g/mol. The quantitative estimate of drug-likeness (QED) is 0.771. The minimum absolute atomic E-state index is 0.00717. The molecule has 0 unspecified atom stereocenters. The molecule has 0 amide bonds. The number of aromatic nitrogens is 2. The first-order valence-electron chi connectivity index (χ1n) is 5.89.